The lowest BCUT2D eigenvalue weighted by molar-refractivity contribution is -0.118. The van der Waals surface area contributed by atoms with Crippen molar-refractivity contribution in [2.75, 3.05) is 22.9 Å². The van der Waals surface area contributed by atoms with Crippen molar-refractivity contribution in [2.45, 2.75) is 19.9 Å². The number of carbonyl (C=O) groups excluding carboxylic acids is 3. The van der Waals surface area contributed by atoms with E-state index >= 15 is 0 Å². The molecule has 0 spiro atoms. The van der Waals surface area contributed by atoms with Gasteiger partial charge in [-0.3, -0.25) is 9.69 Å². The summed E-state index contributed by atoms with van der Waals surface area (Å²) in [5.41, 5.74) is 3.84. The summed E-state index contributed by atoms with van der Waals surface area (Å²) in [7, 11) is 0. The fourth-order valence-corrected chi connectivity index (χ4v) is 3.72. The third-order valence-electron chi connectivity index (χ3n) is 5.03. The summed E-state index contributed by atoms with van der Waals surface area (Å²) in [6.45, 7) is 4.97. The molecular weight excluding hydrogens is 344 g/mol. The number of rotatable bonds is 3. The van der Waals surface area contributed by atoms with Crippen LogP contribution in [0.15, 0.2) is 42.5 Å². The predicted molar refractivity (Wildman–Crippen MR) is 102 cm³/mol. The van der Waals surface area contributed by atoms with E-state index in [0.29, 0.717) is 24.5 Å². The summed E-state index contributed by atoms with van der Waals surface area (Å²) in [5.74, 6) is -0.319. The van der Waals surface area contributed by atoms with Crippen LogP contribution in [0.1, 0.15) is 22.7 Å². The fourth-order valence-electron chi connectivity index (χ4n) is 3.72. The van der Waals surface area contributed by atoms with Crippen molar-refractivity contribution in [3.05, 3.63) is 59.2 Å². The zero-order valence-electron chi connectivity index (χ0n) is 15.2. The number of imide groups is 1. The standard InChI is InChI=1S/C20H20N4O3/c1-12-5-3-6-13(2)16(12)17-18(25)24(20(27)22-17)15-8-4-7-14(11-15)23-10-9-21-19(23)26/h3-8,11,17H,9-10H2,1-2H3,(H,21,26)(H,22,27)/t17-/m1/s1. The first-order valence-electron chi connectivity index (χ1n) is 8.83. The molecule has 2 saturated heterocycles. The lowest BCUT2D eigenvalue weighted by atomic mass is 9.96. The van der Waals surface area contributed by atoms with E-state index in [2.05, 4.69) is 10.6 Å². The van der Waals surface area contributed by atoms with E-state index in [9.17, 15) is 14.4 Å². The minimum absolute atomic E-state index is 0.183. The molecule has 0 bridgehead atoms. The van der Waals surface area contributed by atoms with E-state index in [1.54, 1.807) is 29.2 Å². The second-order valence-corrected chi connectivity index (χ2v) is 6.77. The van der Waals surface area contributed by atoms with Gasteiger partial charge in [-0.05, 0) is 48.7 Å². The number of carbonyl (C=O) groups is 3. The Morgan fingerprint density at radius 3 is 2.26 bits per heavy atom. The molecule has 2 aliphatic rings. The first kappa shape index (κ1) is 17.1. The van der Waals surface area contributed by atoms with Gasteiger partial charge in [0.25, 0.3) is 5.91 Å². The van der Waals surface area contributed by atoms with Crippen molar-refractivity contribution in [3.8, 4) is 0 Å². The van der Waals surface area contributed by atoms with Gasteiger partial charge in [-0.2, -0.15) is 0 Å². The molecule has 2 aromatic carbocycles. The van der Waals surface area contributed by atoms with Crippen molar-refractivity contribution >= 4 is 29.3 Å². The van der Waals surface area contributed by atoms with Crippen molar-refractivity contribution in [2.24, 2.45) is 0 Å². The number of aryl methyl sites for hydroxylation is 2. The van der Waals surface area contributed by atoms with E-state index in [-0.39, 0.29) is 11.9 Å². The molecule has 0 unspecified atom stereocenters. The topological polar surface area (TPSA) is 81.8 Å². The highest BCUT2D eigenvalue weighted by atomic mass is 16.2. The number of amides is 5. The minimum atomic E-state index is -0.711. The van der Waals surface area contributed by atoms with Gasteiger partial charge in [0.2, 0.25) is 0 Å². The molecule has 7 heteroatoms. The molecule has 5 amide bonds. The number of nitrogens with one attached hydrogen (secondary N) is 2. The highest BCUT2D eigenvalue weighted by Gasteiger charge is 2.41. The van der Waals surface area contributed by atoms with Gasteiger partial charge in [-0.25, -0.2) is 14.5 Å². The smallest absolute Gasteiger partial charge is 0.329 e. The lowest BCUT2D eigenvalue weighted by Gasteiger charge is -2.19. The summed E-state index contributed by atoms with van der Waals surface area (Å²) in [5, 5.41) is 5.54. The van der Waals surface area contributed by atoms with Gasteiger partial charge in [-0.15, -0.1) is 0 Å². The molecule has 0 aliphatic carbocycles. The molecule has 2 fully saturated rings. The summed E-state index contributed by atoms with van der Waals surface area (Å²) in [6.07, 6.45) is 0. The second kappa shape index (κ2) is 6.42. The molecular formula is C20H20N4O3. The molecule has 0 saturated carbocycles. The van der Waals surface area contributed by atoms with Gasteiger partial charge in [0, 0.05) is 18.8 Å². The maximum absolute atomic E-state index is 13.1. The molecule has 2 heterocycles. The van der Waals surface area contributed by atoms with E-state index in [0.717, 1.165) is 21.6 Å². The van der Waals surface area contributed by atoms with Crippen LogP contribution in [-0.2, 0) is 4.79 Å². The molecule has 4 rings (SSSR count). The monoisotopic (exact) mass is 364 g/mol. The van der Waals surface area contributed by atoms with Gasteiger partial charge in [-0.1, -0.05) is 24.3 Å². The first-order valence-corrected chi connectivity index (χ1v) is 8.83. The Morgan fingerprint density at radius 1 is 0.926 bits per heavy atom. The van der Waals surface area contributed by atoms with Crippen molar-refractivity contribution in [1.29, 1.82) is 0 Å². The third kappa shape index (κ3) is 2.81. The van der Waals surface area contributed by atoms with Crippen LogP contribution >= 0.6 is 0 Å². The zero-order valence-corrected chi connectivity index (χ0v) is 15.2. The van der Waals surface area contributed by atoms with Gasteiger partial charge >= 0.3 is 12.1 Å². The van der Waals surface area contributed by atoms with Crippen molar-refractivity contribution < 1.29 is 14.4 Å². The number of hydrogen-bond acceptors (Lipinski definition) is 3. The molecule has 138 valence electrons. The average Bonchev–Trinajstić information content (AvgIpc) is 3.18. The Kier molecular flexibility index (Phi) is 4.07. The van der Waals surface area contributed by atoms with E-state index in [1.165, 1.54) is 0 Å². The number of anilines is 2. The summed E-state index contributed by atoms with van der Waals surface area (Å²) in [6, 6.07) is 11.3. The Hall–Kier alpha value is -3.35. The van der Waals surface area contributed by atoms with Crippen LogP contribution in [0, 0.1) is 13.8 Å². The van der Waals surface area contributed by atoms with Crippen LogP contribution in [0.3, 0.4) is 0 Å². The third-order valence-corrected chi connectivity index (χ3v) is 5.03. The number of benzene rings is 2. The molecule has 0 radical (unpaired) electrons. The highest BCUT2D eigenvalue weighted by Crippen LogP contribution is 2.32. The average molecular weight is 364 g/mol. The van der Waals surface area contributed by atoms with Gasteiger partial charge in [0.15, 0.2) is 0 Å². The molecule has 2 N–H and O–H groups in total. The van der Waals surface area contributed by atoms with E-state index in [1.807, 2.05) is 32.0 Å². The van der Waals surface area contributed by atoms with Crippen LogP contribution in [0.5, 0.6) is 0 Å². The number of hydrogen-bond donors (Lipinski definition) is 2. The summed E-state index contributed by atoms with van der Waals surface area (Å²) >= 11 is 0. The molecule has 1 atom stereocenters. The van der Waals surface area contributed by atoms with Crippen molar-refractivity contribution in [1.82, 2.24) is 10.6 Å². The maximum Gasteiger partial charge on any atom is 0.329 e. The summed E-state index contributed by atoms with van der Waals surface area (Å²) in [4.78, 5) is 40.3. The summed E-state index contributed by atoms with van der Waals surface area (Å²) < 4.78 is 0. The SMILES string of the molecule is Cc1cccc(C)c1[C@H]1NC(=O)N(c2cccc(N3CCNC3=O)c2)C1=O. The normalized spacial score (nSPS) is 19.5. The Morgan fingerprint density at radius 2 is 1.59 bits per heavy atom. The van der Waals surface area contributed by atoms with Crippen molar-refractivity contribution in [3.63, 3.8) is 0 Å². The molecule has 2 aromatic rings. The number of urea groups is 2. The van der Waals surface area contributed by atoms with Gasteiger partial charge < -0.3 is 10.6 Å². The van der Waals surface area contributed by atoms with E-state index in [4.69, 9.17) is 0 Å². The Bertz CT molecular complexity index is 936. The molecule has 0 aromatic heterocycles. The zero-order chi connectivity index (χ0) is 19.1. The highest BCUT2D eigenvalue weighted by molar-refractivity contribution is 6.21. The quantitative estimate of drug-likeness (QED) is 0.822. The minimum Gasteiger partial charge on any atom is -0.336 e. The van der Waals surface area contributed by atoms with Crippen LogP contribution in [0.2, 0.25) is 0 Å². The lowest BCUT2D eigenvalue weighted by Crippen LogP contribution is -2.31. The van der Waals surface area contributed by atoms with Gasteiger partial charge in [0.05, 0.1) is 5.69 Å². The van der Waals surface area contributed by atoms with Crippen LogP contribution in [-0.4, -0.2) is 31.1 Å². The fraction of sp³-hybridized carbons (Fsp3) is 0.250. The van der Waals surface area contributed by atoms with Gasteiger partial charge in [0.1, 0.15) is 6.04 Å². The first-order chi connectivity index (χ1) is 13.0. The molecule has 2 aliphatic heterocycles. The largest absolute Gasteiger partial charge is 0.336 e. The second-order valence-electron chi connectivity index (χ2n) is 6.77. The molecule has 7 nitrogen and oxygen atoms in total. The molecule has 27 heavy (non-hydrogen) atoms. The van der Waals surface area contributed by atoms with Crippen LogP contribution in [0.25, 0.3) is 0 Å². The van der Waals surface area contributed by atoms with Crippen LogP contribution in [0.4, 0.5) is 21.0 Å². The van der Waals surface area contributed by atoms with Crippen LogP contribution < -0.4 is 20.4 Å². The van der Waals surface area contributed by atoms with E-state index < -0.39 is 12.1 Å². The predicted octanol–water partition coefficient (Wildman–Crippen LogP) is 2.63. The Labute approximate surface area is 157 Å². The number of nitrogens with zero attached hydrogens (tertiary/aromatic N) is 2. The maximum atomic E-state index is 13.1. The Balaban J connectivity index is 1.68.